The first-order valence-corrected chi connectivity index (χ1v) is 9.73. The molecule has 0 radical (unpaired) electrons. The van der Waals surface area contributed by atoms with Gasteiger partial charge in [0.15, 0.2) is 0 Å². The Morgan fingerprint density at radius 1 is 1.23 bits per heavy atom. The number of hydrogen-bond donors (Lipinski definition) is 1. The van der Waals surface area contributed by atoms with Gasteiger partial charge in [-0.3, -0.25) is 9.69 Å². The van der Waals surface area contributed by atoms with Crippen molar-refractivity contribution >= 4 is 23.7 Å². The lowest BCUT2D eigenvalue weighted by atomic mass is 10.1. The van der Waals surface area contributed by atoms with Gasteiger partial charge in [0.25, 0.3) is 5.91 Å². The molecule has 0 bridgehead atoms. The number of thioether (sulfide) groups is 1. The number of carbonyl (C=O) groups excluding carboxylic acids is 2. The lowest BCUT2D eigenvalue weighted by molar-refractivity contribution is -0.130. The summed E-state index contributed by atoms with van der Waals surface area (Å²) in [4.78, 5) is 30.1. The predicted octanol–water partition coefficient (Wildman–Crippen LogP) is 2.57. The minimum absolute atomic E-state index is 0.190. The fourth-order valence-corrected chi connectivity index (χ4v) is 3.73. The molecule has 3 amide bonds. The number of imide groups is 1. The van der Waals surface area contributed by atoms with Gasteiger partial charge < -0.3 is 5.32 Å². The molecule has 1 N–H and O–H groups in total. The van der Waals surface area contributed by atoms with Crippen molar-refractivity contribution in [2.45, 2.75) is 43.3 Å². The first-order valence-electron chi connectivity index (χ1n) is 8.75. The average molecular weight is 371 g/mol. The van der Waals surface area contributed by atoms with E-state index >= 15 is 0 Å². The van der Waals surface area contributed by atoms with Gasteiger partial charge in [0.2, 0.25) is 5.16 Å². The van der Waals surface area contributed by atoms with Crippen molar-refractivity contribution in [2.24, 2.45) is 0 Å². The van der Waals surface area contributed by atoms with Gasteiger partial charge in [0.1, 0.15) is 11.4 Å². The fourth-order valence-electron chi connectivity index (χ4n) is 2.98. The molecule has 136 valence electrons. The number of carbonyl (C=O) groups is 2. The Balaban J connectivity index is 1.45. The summed E-state index contributed by atoms with van der Waals surface area (Å²) >= 11 is 1.47. The van der Waals surface area contributed by atoms with Crippen molar-refractivity contribution in [2.75, 3.05) is 12.3 Å². The summed E-state index contributed by atoms with van der Waals surface area (Å²) in [5, 5.41) is 8.01. The molecule has 1 aliphatic carbocycles. The summed E-state index contributed by atoms with van der Waals surface area (Å²) in [6.45, 7) is 3.77. The van der Waals surface area contributed by atoms with Gasteiger partial charge in [-0.1, -0.05) is 30.0 Å². The number of nitrogens with one attached hydrogen (secondary N) is 1. The van der Waals surface area contributed by atoms with Crippen LogP contribution in [0.25, 0.3) is 5.69 Å². The Bertz CT molecular complexity index is 845. The highest BCUT2D eigenvalue weighted by Gasteiger charge is 2.43. The second-order valence-electron chi connectivity index (χ2n) is 7.13. The third-order valence-corrected chi connectivity index (χ3v) is 5.36. The van der Waals surface area contributed by atoms with Gasteiger partial charge in [-0.2, -0.15) is 0 Å². The van der Waals surface area contributed by atoms with Crippen LogP contribution in [0, 0.1) is 0 Å². The second kappa shape index (κ2) is 6.42. The molecule has 4 rings (SSSR count). The summed E-state index contributed by atoms with van der Waals surface area (Å²) in [5.74, 6) is 1.85. The number of benzene rings is 1. The Morgan fingerprint density at radius 3 is 2.58 bits per heavy atom. The van der Waals surface area contributed by atoms with E-state index in [9.17, 15) is 9.59 Å². The number of rotatable bonds is 6. The standard InChI is InChI=1S/C18H21N5O2S/c1-18(2)15(24)22(17(25)20-18)10-11-26-16-19-14(12-8-9-12)23(21-16)13-6-4-3-5-7-13/h3-7,12H,8-11H2,1-2H3,(H,20,25). The number of aromatic nitrogens is 3. The molecule has 7 nitrogen and oxygen atoms in total. The van der Waals surface area contributed by atoms with E-state index in [-0.39, 0.29) is 11.9 Å². The molecule has 1 aliphatic heterocycles. The zero-order chi connectivity index (χ0) is 18.3. The molecular weight excluding hydrogens is 350 g/mol. The van der Waals surface area contributed by atoms with Crippen LogP contribution in [0.3, 0.4) is 0 Å². The highest BCUT2D eigenvalue weighted by atomic mass is 32.2. The monoisotopic (exact) mass is 371 g/mol. The average Bonchev–Trinajstić information content (AvgIpc) is 3.34. The smallest absolute Gasteiger partial charge is 0.324 e. The third kappa shape index (κ3) is 3.21. The first-order chi connectivity index (χ1) is 12.5. The van der Waals surface area contributed by atoms with Crippen LogP contribution in [0.1, 0.15) is 38.4 Å². The number of amides is 3. The van der Waals surface area contributed by atoms with Crippen molar-refractivity contribution < 1.29 is 9.59 Å². The van der Waals surface area contributed by atoms with Crippen LogP contribution in [0.4, 0.5) is 4.79 Å². The van der Waals surface area contributed by atoms with Gasteiger partial charge >= 0.3 is 6.03 Å². The molecule has 8 heteroatoms. The minimum Gasteiger partial charge on any atom is -0.324 e. The highest BCUT2D eigenvalue weighted by Crippen LogP contribution is 2.40. The number of urea groups is 1. The second-order valence-corrected chi connectivity index (χ2v) is 8.20. The Hall–Kier alpha value is -2.35. The van der Waals surface area contributed by atoms with Gasteiger partial charge in [0.05, 0.1) is 5.69 Å². The summed E-state index contributed by atoms with van der Waals surface area (Å²) in [6, 6.07) is 9.66. The van der Waals surface area contributed by atoms with Crippen LogP contribution >= 0.6 is 11.8 Å². The number of nitrogens with zero attached hydrogens (tertiary/aromatic N) is 4. The molecule has 2 aliphatic rings. The maximum atomic E-state index is 12.2. The molecule has 1 aromatic heterocycles. The molecule has 1 saturated carbocycles. The summed E-state index contributed by atoms with van der Waals surface area (Å²) < 4.78 is 1.91. The molecule has 1 aromatic carbocycles. The lowest BCUT2D eigenvalue weighted by Gasteiger charge is -2.15. The van der Waals surface area contributed by atoms with Crippen LogP contribution in [0.2, 0.25) is 0 Å². The molecule has 1 saturated heterocycles. The molecule has 2 fully saturated rings. The predicted molar refractivity (Wildman–Crippen MR) is 98.4 cm³/mol. The SMILES string of the molecule is CC1(C)NC(=O)N(CCSc2nc(C3CC3)n(-c3ccccc3)n2)C1=O. The van der Waals surface area contributed by atoms with Gasteiger partial charge in [-0.25, -0.2) is 14.5 Å². The molecule has 2 aromatic rings. The number of hydrogen-bond acceptors (Lipinski definition) is 5. The van der Waals surface area contributed by atoms with Crippen molar-refractivity contribution in [3.63, 3.8) is 0 Å². The van der Waals surface area contributed by atoms with E-state index in [2.05, 4.69) is 10.4 Å². The first kappa shape index (κ1) is 17.1. The molecular formula is C18H21N5O2S. The van der Waals surface area contributed by atoms with Crippen LogP contribution in [0.15, 0.2) is 35.5 Å². The van der Waals surface area contributed by atoms with E-state index in [0.717, 1.165) is 24.4 Å². The summed E-state index contributed by atoms with van der Waals surface area (Å²) in [7, 11) is 0. The largest absolute Gasteiger partial charge is 0.325 e. The Morgan fingerprint density at radius 2 is 1.96 bits per heavy atom. The zero-order valence-electron chi connectivity index (χ0n) is 14.8. The van der Waals surface area contributed by atoms with Crippen molar-refractivity contribution in [3.05, 3.63) is 36.2 Å². The maximum Gasteiger partial charge on any atom is 0.325 e. The van der Waals surface area contributed by atoms with E-state index in [1.165, 1.54) is 16.7 Å². The molecule has 26 heavy (non-hydrogen) atoms. The molecule has 0 atom stereocenters. The van der Waals surface area contributed by atoms with Gasteiger partial charge in [-0.15, -0.1) is 5.10 Å². The lowest BCUT2D eigenvalue weighted by Crippen LogP contribution is -2.40. The van der Waals surface area contributed by atoms with E-state index in [4.69, 9.17) is 4.98 Å². The fraction of sp³-hybridized carbons (Fsp3) is 0.444. The normalized spacial score (nSPS) is 19.1. The summed E-state index contributed by atoms with van der Waals surface area (Å²) in [6.07, 6.45) is 2.29. The van der Waals surface area contributed by atoms with Gasteiger partial charge in [0, 0.05) is 18.2 Å². The highest BCUT2D eigenvalue weighted by molar-refractivity contribution is 7.99. The molecule has 0 unspecified atom stereocenters. The van der Waals surface area contributed by atoms with Crippen molar-refractivity contribution in [1.82, 2.24) is 25.0 Å². The minimum atomic E-state index is -0.825. The zero-order valence-corrected chi connectivity index (χ0v) is 15.6. The Kier molecular flexibility index (Phi) is 4.22. The quantitative estimate of drug-likeness (QED) is 0.624. The van der Waals surface area contributed by atoms with E-state index in [1.807, 2.05) is 35.0 Å². The maximum absolute atomic E-state index is 12.2. The van der Waals surface area contributed by atoms with Crippen LogP contribution in [-0.4, -0.2) is 49.4 Å². The third-order valence-electron chi connectivity index (χ3n) is 4.55. The Labute approximate surface area is 156 Å². The topological polar surface area (TPSA) is 80.1 Å². The van der Waals surface area contributed by atoms with E-state index < -0.39 is 5.54 Å². The number of para-hydroxylation sites is 1. The van der Waals surface area contributed by atoms with Crippen LogP contribution in [-0.2, 0) is 4.79 Å². The van der Waals surface area contributed by atoms with E-state index in [1.54, 1.807) is 13.8 Å². The van der Waals surface area contributed by atoms with Crippen molar-refractivity contribution in [3.8, 4) is 5.69 Å². The van der Waals surface area contributed by atoms with Crippen LogP contribution < -0.4 is 5.32 Å². The molecule has 2 heterocycles. The molecule has 0 spiro atoms. The van der Waals surface area contributed by atoms with Crippen molar-refractivity contribution in [1.29, 1.82) is 0 Å². The van der Waals surface area contributed by atoms with Crippen LogP contribution in [0.5, 0.6) is 0 Å². The van der Waals surface area contributed by atoms with Gasteiger partial charge in [-0.05, 0) is 38.8 Å². The van der Waals surface area contributed by atoms with E-state index in [0.29, 0.717) is 23.4 Å². The summed E-state index contributed by atoms with van der Waals surface area (Å²) in [5.41, 5.74) is 0.179.